The molecule has 2 heterocycles. The van der Waals surface area contributed by atoms with Gasteiger partial charge < -0.3 is 10.3 Å². The van der Waals surface area contributed by atoms with Crippen molar-refractivity contribution in [3.05, 3.63) is 41.7 Å². The molecular formula is C12H16N4. The van der Waals surface area contributed by atoms with Gasteiger partial charge in [-0.15, -0.1) is 0 Å². The van der Waals surface area contributed by atoms with Crippen molar-refractivity contribution in [1.29, 1.82) is 0 Å². The zero-order valence-corrected chi connectivity index (χ0v) is 9.64. The predicted octanol–water partition coefficient (Wildman–Crippen LogP) is 1.78. The Labute approximate surface area is 95.1 Å². The largest absolute Gasteiger partial charge is 0.397 e. The van der Waals surface area contributed by atoms with Crippen LogP contribution in [0.4, 0.5) is 5.69 Å². The highest BCUT2D eigenvalue weighted by Gasteiger charge is 2.06. The number of nitrogens with zero attached hydrogens (tertiary/aromatic N) is 3. The summed E-state index contributed by atoms with van der Waals surface area (Å²) in [4.78, 5) is 8.69. The molecule has 2 rings (SSSR count). The van der Waals surface area contributed by atoms with Crippen LogP contribution in [0.3, 0.4) is 0 Å². The molecule has 0 saturated heterocycles. The van der Waals surface area contributed by atoms with Gasteiger partial charge in [0.05, 0.1) is 17.6 Å². The zero-order valence-electron chi connectivity index (χ0n) is 9.64. The van der Waals surface area contributed by atoms with Crippen LogP contribution in [0.5, 0.6) is 0 Å². The van der Waals surface area contributed by atoms with Crippen molar-refractivity contribution >= 4 is 5.69 Å². The van der Waals surface area contributed by atoms with Crippen molar-refractivity contribution in [2.24, 2.45) is 0 Å². The molecule has 0 spiro atoms. The Morgan fingerprint density at radius 3 is 2.88 bits per heavy atom. The van der Waals surface area contributed by atoms with E-state index in [4.69, 9.17) is 5.73 Å². The summed E-state index contributed by atoms with van der Waals surface area (Å²) in [7, 11) is 0. The molecule has 0 aromatic carbocycles. The van der Waals surface area contributed by atoms with Gasteiger partial charge in [-0.05, 0) is 25.5 Å². The summed E-state index contributed by atoms with van der Waals surface area (Å²) in [5.74, 6) is 1.04. The molecule has 0 amide bonds. The summed E-state index contributed by atoms with van der Waals surface area (Å²) in [5.41, 5.74) is 8.54. The van der Waals surface area contributed by atoms with Crippen LogP contribution in [-0.4, -0.2) is 14.5 Å². The number of aromatic nitrogens is 3. The molecule has 0 fully saturated rings. The van der Waals surface area contributed by atoms with E-state index in [0.717, 1.165) is 30.0 Å². The van der Waals surface area contributed by atoms with E-state index in [2.05, 4.69) is 21.5 Å². The lowest BCUT2D eigenvalue weighted by Gasteiger charge is -2.07. The Balaban J connectivity index is 2.27. The maximum Gasteiger partial charge on any atom is 0.114 e. The number of imidazole rings is 1. The average Bonchev–Trinajstić information content (AvgIpc) is 2.69. The molecule has 0 atom stereocenters. The highest BCUT2D eigenvalue weighted by atomic mass is 15.1. The van der Waals surface area contributed by atoms with Crippen LogP contribution in [0, 0.1) is 6.92 Å². The maximum atomic E-state index is 5.67. The summed E-state index contributed by atoms with van der Waals surface area (Å²) in [6.45, 7) is 5.07. The van der Waals surface area contributed by atoms with Crippen molar-refractivity contribution in [2.45, 2.75) is 26.8 Å². The number of rotatable bonds is 3. The predicted molar refractivity (Wildman–Crippen MR) is 64.1 cm³/mol. The quantitative estimate of drug-likeness (QED) is 0.850. The molecular weight excluding hydrogens is 200 g/mol. The Kier molecular flexibility index (Phi) is 2.90. The van der Waals surface area contributed by atoms with E-state index >= 15 is 0 Å². The van der Waals surface area contributed by atoms with Gasteiger partial charge in [0.15, 0.2) is 0 Å². The summed E-state index contributed by atoms with van der Waals surface area (Å²) in [6, 6.07) is 1.95. The second-order valence-corrected chi connectivity index (χ2v) is 3.84. The number of nitrogen functional groups attached to an aromatic ring is 1. The van der Waals surface area contributed by atoms with Crippen LogP contribution >= 0.6 is 0 Å². The molecule has 0 bridgehead atoms. The van der Waals surface area contributed by atoms with Gasteiger partial charge in [-0.25, -0.2) is 4.98 Å². The smallest absolute Gasteiger partial charge is 0.114 e. The Morgan fingerprint density at radius 2 is 2.19 bits per heavy atom. The molecule has 4 heteroatoms. The summed E-state index contributed by atoms with van der Waals surface area (Å²) < 4.78 is 2.12. The highest BCUT2D eigenvalue weighted by molar-refractivity contribution is 5.40. The van der Waals surface area contributed by atoms with Gasteiger partial charge >= 0.3 is 0 Å². The molecule has 0 aliphatic heterocycles. The Bertz CT molecular complexity index is 488. The van der Waals surface area contributed by atoms with Crippen LogP contribution in [0.15, 0.2) is 24.7 Å². The third-order valence-electron chi connectivity index (χ3n) is 2.68. The number of hydrogen-bond donors (Lipinski definition) is 1. The van der Waals surface area contributed by atoms with Gasteiger partial charge in [-0.2, -0.15) is 0 Å². The van der Waals surface area contributed by atoms with E-state index in [9.17, 15) is 0 Å². The molecule has 16 heavy (non-hydrogen) atoms. The number of anilines is 1. The summed E-state index contributed by atoms with van der Waals surface area (Å²) in [5, 5.41) is 0. The molecule has 2 aromatic rings. The molecule has 0 unspecified atom stereocenters. The lowest BCUT2D eigenvalue weighted by molar-refractivity contribution is 0.707. The first-order valence-electron chi connectivity index (χ1n) is 5.41. The third kappa shape index (κ3) is 2.05. The Hall–Kier alpha value is -1.84. The first-order valence-corrected chi connectivity index (χ1v) is 5.41. The van der Waals surface area contributed by atoms with E-state index in [0.29, 0.717) is 5.69 Å². The topological polar surface area (TPSA) is 56.7 Å². The second-order valence-electron chi connectivity index (χ2n) is 3.84. The normalized spacial score (nSPS) is 10.6. The van der Waals surface area contributed by atoms with E-state index < -0.39 is 0 Å². The van der Waals surface area contributed by atoms with E-state index in [1.807, 2.05) is 25.4 Å². The van der Waals surface area contributed by atoms with Crippen LogP contribution in [0.25, 0.3) is 0 Å². The van der Waals surface area contributed by atoms with E-state index in [1.165, 1.54) is 0 Å². The summed E-state index contributed by atoms with van der Waals surface area (Å²) in [6.07, 6.45) is 6.27. The first kappa shape index (κ1) is 10.7. The molecule has 2 aromatic heterocycles. The number of aryl methyl sites for hydroxylation is 2. The molecule has 0 saturated carbocycles. The van der Waals surface area contributed by atoms with Crippen LogP contribution in [0.2, 0.25) is 0 Å². The monoisotopic (exact) mass is 216 g/mol. The molecule has 0 aliphatic rings. The van der Waals surface area contributed by atoms with Crippen molar-refractivity contribution in [2.75, 3.05) is 5.73 Å². The Morgan fingerprint density at radius 1 is 1.38 bits per heavy atom. The molecule has 84 valence electrons. The minimum atomic E-state index is 0.708. The van der Waals surface area contributed by atoms with E-state index in [-0.39, 0.29) is 0 Å². The van der Waals surface area contributed by atoms with Gasteiger partial charge in [0.1, 0.15) is 5.82 Å². The second kappa shape index (κ2) is 4.35. The average molecular weight is 216 g/mol. The fraction of sp³-hybridized carbons (Fsp3) is 0.333. The van der Waals surface area contributed by atoms with Gasteiger partial charge in [0, 0.05) is 25.4 Å². The van der Waals surface area contributed by atoms with Crippen molar-refractivity contribution < 1.29 is 0 Å². The fourth-order valence-electron chi connectivity index (χ4n) is 1.75. The number of hydrogen-bond acceptors (Lipinski definition) is 3. The van der Waals surface area contributed by atoms with Crippen molar-refractivity contribution in [3.63, 3.8) is 0 Å². The van der Waals surface area contributed by atoms with Crippen LogP contribution < -0.4 is 5.73 Å². The van der Waals surface area contributed by atoms with E-state index in [1.54, 1.807) is 6.20 Å². The third-order valence-corrected chi connectivity index (χ3v) is 2.68. The molecule has 4 nitrogen and oxygen atoms in total. The maximum absolute atomic E-state index is 5.67. The minimum absolute atomic E-state index is 0.708. The molecule has 2 N–H and O–H groups in total. The number of pyridine rings is 1. The van der Waals surface area contributed by atoms with Gasteiger partial charge in [-0.3, -0.25) is 4.98 Å². The van der Waals surface area contributed by atoms with Gasteiger partial charge in [-0.1, -0.05) is 0 Å². The van der Waals surface area contributed by atoms with Crippen LogP contribution in [0.1, 0.15) is 24.0 Å². The zero-order chi connectivity index (χ0) is 11.5. The SMILES string of the molecule is CCn1ccnc1Cc1ncc(N)cc1C. The van der Waals surface area contributed by atoms with Crippen molar-refractivity contribution in [3.8, 4) is 0 Å². The van der Waals surface area contributed by atoms with Crippen LogP contribution in [-0.2, 0) is 13.0 Å². The lowest BCUT2D eigenvalue weighted by atomic mass is 10.1. The minimum Gasteiger partial charge on any atom is -0.397 e. The van der Waals surface area contributed by atoms with Gasteiger partial charge in [0.2, 0.25) is 0 Å². The highest BCUT2D eigenvalue weighted by Crippen LogP contribution is 2.13. The number of nitrogens with two attached hydrogens (primary N) is 1. The summed E-state index contributed by atoms with van der Waals surface area (Å²) >= 11 is 0. The fourth-order valence-corrected chi connectivity index (χ4v) is 1.75. The van der Waals surface area contributed by atoms with Crippen molar-refractivity contribution in [1.82, 2.24) is 14.5 Å². The lowest BCUT2D eigenvalue weighted by Crippen LogP contribution is -2.05. The molecule has 0 aliphatic carbocycles. The standard InChI is InChI=1S/C12H16N4/c1-3-16-5-4-14-12(16)7-11-9(2)6-10(13)8-15-11/h4-6,8H,3,7,13H2,1-2H3. The van der Waals surface area contributed by atoms with Gasteiger partial charge in [0.25, 0.3) is 0 Å². The first-order chi connectivity index (χ1) is 7.70. The molecule has 0 radical (unpaired) electrons.